The second-order valence-corrected chi connectivity index (χ2v) is 7.93. The van der Waals surface area contributed by atoms with Crippen molar-refractivity contribution >= 4 is 40.9 Å². The smallest absolute Gasteiger partial charge is 0.252 e. The van der Waals surface area contributed by atoms with Gasteiger partial charge in [0.1, 0.15) is 0 Å². The number of benzene rings is 2. The van der Waals surface area contributed by atoms with Gasteiger partial charge in [0.15, 0.2) is 4.75 Å². The van der Waals surface area contributed by atoms with Gasteiger partial charge in [-0.3, -0.25) is 9.59 Å². The van der Waals surface area contributed by atoms with Crippen LogP contribution < -0.4 is 10.2 Å². The van der Waals surface area contributed by atoms with Crippen LogP contribution in [0.15, 0.2) is 53.4 Å². The Morgan fingerprint density at radius 2 is 1.88 bits per heavy atom. The molecule has 2 amide bonds. The van der Waals surface area contributed by atoms with Crippen LogP contribution in [0.25, 0.3) is 0 Å². The first-order valence-electron chi connectivity index (χ1n) is 8.01. The maximum absolute atomic E-state index is 12.8. The van der Waals surface area contributed by atoms with E-state index in [2.05, 4.69) is 5.32 Å². The van der Waals surface area contributed by atoms with Crippen LogP contribution in [0.5, 0.6) is 0 Å². The summed E-state index contributed by atoms with van der Waals surface area (Å²) in [5.74, 6) is -0.498. The quantitative estimate of drug-likeness (QED) is 0.833. The largest absolute Gasteiger partial charge is 0.354 e. The molecule has 4 nitrogen and oxygen atoms in total. The Morgan fingerprint density at radius 3 is 2.64 bits per heavy atom. The highest BCUT2D eigenvalue weighted by Crippen LogP contribution is 2.44. The number of thioether (sulfide) groups is 1. The number of amides is 2. The Hall–Kier alpha value is -1.98. The summed E-state index contributed by atoms with van der Waals surface area (Å²) in [6.07, 6.45) is 0.618. The molecule has 0 aromatic heterocycles. The van der Waals surface area contributed by atoms with E-state index in [1.165, 1.54) is 11.8 Å². The van der Waals surface area contributed by atoms with Crippen molar-refractivity contribution in [3.8, 4) is 0 Å². The molecule has 0 saturated heterocycles. The number of hydrogen-bond donors (Lipinski definition) is 1. The number of nitrogens with one attached hydrogen (secondary N) is 1. The molecule has 25 heavy (non-hydrogen) atoms. The van der Waals surface area contributed by atoms with Gasteiger partial charge in [-0.1, -0.05) is 53.7 Å². The average Bonchev–Trinajstić information content (AvgIpc) is 2.61. The number of nitrogens with zero attached hydrogens (tertiary/aromatic N) is 1. The Morgan fingerprint density at radius 1 is 1.20 bits per heavy atom. The molecule has 1 aliphatic heterocycles. The number of halogens is 1. The molecule has 0 aliphatic carbocycles. The first-order chi connectivity index (χ1) is 11.9. The summed E-state index contributed by atoms with van der Waals surface area (Å²) in [7, 11) is 1.70. The Labute approximate surface area is 156 Å². The number of carbonyl (C=O) groups is 2. The Bertz CT molecular complexity index is 827. The van der Waals surface area contributed by atoms with E-state index in [0.717, 1.165) is 16.1 Å². The van der Waals surface area contributed by atoms with E-state index in [0.29, 0.717) is 18.0 Å². The summed E-state index contributed by atoms with van der Waals surface area (Å²) in [4.78, 5) is 28.0. The predicted octanol–water partition coefficient (Wildman–Crippen LogP) is 3.53. The topological polar surface area (TPSA) is 49.4 Å². The minimum atomic E-state index is -1.18. The Kier molecular flexibility index (Phi) is 5.06. The fourth-order valence-electron chi connectivity index (χ4n) is 2.84. The normalized spacial score (nSPS) is 19.5. The molecule has 0 bridgehead atoms. The second kappa shape index (κ2) is 7.10. The van der Waals surface area contributed by atoms with Crippen molar-refractivity contribution in [3.05, 3.63) is 59.1 Å². The lowest BCUT2D eigenvalue weighted by atomic mass is 10.1. The van der Waals surface area contributed by atoms with Crippen LogP contribution in [0.2, 0.25) is 5.02 Å². The number of carbonyl (C=O) groups excluding carboxylic acids is 2. The molecule has 1 aliphatic rings. The van der Waals surface area contributed by atoms with Crippen molar-refractivity contribution in [1.82, 2.24) is 5.32 Å². The molecular formula is C19H19ClN2O2S. The van der Waals surface area contributed by atoms with Crippen molar-refractivity contribution in [2.24, 2.45) is 0 Å². The number of fused-ring (bicyclic) bond motifs is 1. The van der Waals surface area contributed by atoms with E-state index < -0.39 is 4.75 Å². The fourth-order valence-corrected chi connectivity index (χ4v) is 4.35. The number of rotatable bonds is 4. The van der Waals surface area contributed by atoms with Crippen molar-refractivity contribution in [1.29, 1.82) is 0 Å². The third-order valence-corrected chi connectivity index (χ3v) is 6.03. The van der Waals surface area contributed by atoms with E-state index in [-0.39, 0.29) is 11.8 Å². The van der Waals surface area contributed by atoms with Gasteiger partial charge in [-0.2, -0.15) is 0 Å². The van der Waals surface area contributed by atoms with Crippen LogP contribution in [0, 0.1) is 0 Å². The van der Waals surface area contributed by atoms with Crippen LogP contribution in [-0.4, -0.2) is 30.2 Å². The van der Waals surface area contributed by atoms with E-state index >= 15 is 0 Å². The standard InChI is InChI=1S/C19H19ClN2O2S/c1-19(17(23)21-12-11-13-7-3-4-8-14(13)20)18(24)22(2)15-9-5-6-10-16(15)25-19/h3-10H,11-12H2,1-2H3,(H,21,23). The number of hydrogen-bond acceptors (Lipinski definition) is 3. The highest BCUT2D eigenvalue weighted by molar-refractivity contribution is 8.02. The maximum Gasteiger partial charge on any atom is 0.252 e. The third-order valence-electron chi connectivity index (χ3n) is 4.32. The third kappa shape index (κ3) is 3.39. The molecule has 1 atom stereocenters. The molecule has 6 heteroatoms. The van der Waals surface area contributed by atoms with Gasteiger partial charge in [0.2, 0.25) is 5.91 Å². The molecule has 130 valence electrons. The van der Waals surface area contributed by atoms with Gasteiger partial charge in [-0.15, -0.1) is 0 Å². The molecule has 1 unspecified atom stereocenters. The van der Waals surface area contributed by atoms with E-state index in [1.54, 1.807) is 18.9 Å². The average molecular weight is 375 g/mol. The van der Waals surface area contributed by atoms with E-state index in [4.69, 9.17) is 11.6 Å². The zero-order valence-corrected chi connectivity index (χ0v) is 15.7. The summed E-state index contributed by atoms with van der Waals surface area (Å²) in [5, 5.41) is 3.56. The molecule has 1 heterocycles. The molecule has 0 saturated carbocycles. The zero-order chi connectivity index (χ0) is 18.0. The summed E-state index contributed by atoms with van der Waals surface area (Å²) in [5.41, 5.74) is 1.80. The SMILES string of the molecule is CN1C(=O)C(C)(C(=O)NCCc2ccccc2Cl)Sc2ccccc21. The molecule has 0 spiro atoms. The number of para-hydroxylation sites is 1. The summed E-state index contributed by atoms with van der Waals surface area (Å²) in [6, 6.07) is 15.1. The first-order valence-corrected chi connectivity index (χ1v) is 9.21. The lowest BCUT2D eigenvalue weighted by Gasteiger charge is -2.36. The van der Waals surface area contributed by atoms with Gasteiger partial charge in [-0.05, 0) is 37.1 Å². The summed E-state index contributed by atoms with van der Waals surface area (Å²) >= 11 is 7.44. The van der Waals surface area contributed by atoms with Crippen LogP contribution in [0.4, 0.5) is 5.69 Å². The molecule has 0 fully saturated rings. The van der Waals surface area contributed by atoms with Crippen LogP contribution in [0.1, 0.15) is 12.5 Å². The second-order valence-electron chi connectivity index (χ2n) is 6.06. The minimum Gasteiger partial charge on any atom is -0.354 e. The van der Waals surface area contributed by atoms with Crippen molar-refractivity contribution in [2.45, 2.75) is 23.0 Å². The van der Waals surface area contributed by atoms with Crippen molar-refractivity contribution in [3.63, 3.8) is 0 Å². The summed E-state index contributed by atoms with van der Waals surface area (Å²) in [6.45, 7) is 2.11. The monoisotopic (exact) mass is 374 g/mol. The van der Waals surface area contributed by atoms with Gasteiger partial charge in [0.25, 0.3) is 5.91 Å². The Balaban J connectivity index is 1.71. The molecule has 0 radical (unpaired) electrons. The highest BCUT2D eigenvalue weighted by atomic mass is 35.5. The molecule has 2 aromatic carbocycles. The summed E-state index contributed by atoms with van der Waals surface area (Å²) < 4.78 is -1.18. The highest BCUT2D eigenvalue weighted by Gasteiger charge is 2.48. The van der Waals surface area contributed by atoms with Crippen molar-refractivity contribution in [2.75, 3.05) is 18.5 Å². The van der Waals surface area contributed by atoms with Crippen molar-refractivity contribution < 1.29 is 9.59 Å². The molecule has 1 N–H and O–H groups in total. The zero-order valence-electron chi connectivity index (χ0n) is 14.1. The molecular weight excluding hydrogens is 356 g/mol. The molecule has 2 aromatic rings. The van der Waals surface area contributed by atoms with Gasteiger partial charge in [0, 0.05) is 23.5 Å². The van der Waals surface area contributed by atoms with Gasteiger partial charge >= 0.3 is 0 Å². The van der Waals surface area contributed by atoms with Gasteiger partial charge < -0.3 is 10.2 Å². The van der Waals surface area contributed by atoms with E-state index in [1.807, 2.05) is 48.5 Å². The van der Waals surface area contributed by atoms with Gasteiger partial charge in [0.05, 0.1) is 5.69 Å². The van der Waals surface area contributed by atoms with Crippen LogP contribution in [0.3, 0.4) is 0 Å². The maximum atomic E-state index is 12.8. The lowest BCUT2D eigenvalue weighted by molar-refractivity contribution is -0.131. The van der Waals surface area contributed by atoms with Crippen LogP contribution in [-0.2, 0) is 16.0 Å². The number of anilines is 1. The molecule has 3 rings (SSSR count). The fraction of sp³-hybridized carbons (Fsp3) is 0.263. The lowest BCUT2D eigenvalue weighted by Crippen LogP contribution is -2.55. The van der Waals surface area contributed by atoms with Gasteiger partial charge in [-0.25, -0.2) is 0 Å². The van der Waals surface area contributed by atoms with E-state index in [9.17, 15) is 9.59 Å². The van der Waals surface area contributed by atoms with Crippen LogP contribution >= 0.6 is 23.4 Å². The predicted molar refractivity (Wildman–Crippen MR) is 102 cm³/mol. The minimum absolute atomic E-state index is 0.216. The first kappa shape index (κ1) is 17.8.